The van der Waals surface area contributed by atoms with Gasteiger partial charge in [0.1, 0.15) is 5.75 Å². The summed E-state index contributed by atoms with van der Waals surface area (Å²) >= 11 is 0. The molecule has 1 atom stereocenters. The van der Waals surface area contributed by atoms with E-state index in [-0.39, 0.29) is 6.04 Å². The van der Waals surface area contributed by atoms with Gasteiger partial charge in [-0.3, -0.25) is 0 Å². The van der Waals surface area contributed by atoms with Gasteiger partial charge in [0.05, 0.1) is 0 Å². The molecule has 0 bridgehead atoms. The maximum absolute atomic E-state index is 9.57. The minimum absolute atomic E-state index is 0.0231. The van der Waals surface area contributed by atoms with Crippen LogP contribution in [0.3, 0.4) is 0 Å². The van der Waals surface area contributed by atoms with E-state index in [4.69, 9.17) is 5.73 Å². The Balaban J connectivity index is 2.18. The Morgan fingerprint density at radius 3 is 2.54 bits per heavy atom. The lowest BCUT2D eigenvalue weighted by Crippen LogP contribution is -2.26. The quantitative estimate of drug-likeness (QED) is 0.727. The molecule has 2 heteroatoms. The molecule has 0 radical (unpaired) electrons. The Labute approximate surface area is 78.4 Å². The van der Waals surface area contributed by atoms with Crippen LogP contribution in [0.5, 0.6) is 5.75 Å². The van der Waals surface area contributed by atoms with Crippen LogP contribution in [0.4, 0.5) is 0 Å². The normalized spacial score (nSPS) is 19.5. The van der Waals surface area contributed by atoms with Crippen LogP contribution in [-0.4, -0.2) is 5.11 Å². The van der Waals surface area contributed by atoms with Gasteiger partial charge in [-0.15, -0.1) is 0 Å². The number of benzene rings is 1. The van der Waals surface area contributed by atoms with Crippen LogP contribution in [0.2, 0.25) is 0 Å². The summed E-state index contributed by atoms with van der Waals surface area (Å²) in [6, 6.07) is 7.39. The lowest BCUT2D eigenvalue weighted by atomic mass is 9.77. The van der Waals surface area contributed by atoms with E-state index in [2.05, 4.69) is 0 Å². The van der Waals surface area contributed by atoms with Crippen molar-refractivity contribution in [3.05, 3.63) is 29.8 Å². The summed E-state index contributed by atoms with van der Waals surface area (Å²) in [4.78, 5) is 0. The molecule has 0 aromatic heterocycles. The highest BCUT2D eigenvalue weighted by Crippen LogP contribution is 2.38. The average Bonchev–Trinajstić information content (AvgIpc) is 2.01. The van der Waals surface area contributed by atoms with Crippen molar-refractivity contribution in [1.29, 1.82) is 0 Å². The van der Waals surface area contributed by atoms with Crippen LogP contribution in [-0.2, 0) is 0 Å². The van der Waals surface area contributed by atoms with Crippen molar-refractivity contribution in [3.63, 3.8) is 0 Å². The molecule has 3 N–H and O–H groups in total. The molecule has 2 rings (SSSR count). The van der Waals surface area contributed by atoms with Crippen LogP contribution in [0.15, 0.2) is 24.3 Å². The fraction of sp³-hybridized carbons (Fsp3) is 0.455. The number of phenolic OH excluding ortho intramolecular Hbond substituents is 1. The maximum Gasteiger partial charge on any atom is 0.120 e. The summed E-state index contributed by atoms with van der Waals surface area (Å²) in [6.07, 6.45) is 3.69. The third-order valence-corrected chi connectivity index (χ3v) is 2.95. The second kappa shape index (κ2) is 3.38. The van der Waals surface area contributed by atoms with Crippen molar-refractivity contribution >= 4 is 0 Å². The minimum atomic E-state index is 0.0231. The topological polar surface area (TPSA) is 46.2 Å². The summed E-state index contributed by atoms with van der Waals surface area (Å²) in [5.41, 5.74) is 6.94. The molecular weight excluding hydrogens is 162 g/mol. The third kappa shape index (κ3) is 1.54. The van der Waals surface area contributed by atoms with Gasteiger partial charge in [-0.25, -0.2) is 0 Å². The van der Waals surface area contributed by atoms with E-state index < -0.39 is 0 Å². The molecule has 70 valence electrons. The van der Waals surface area contributed by atoms with Gasteiger partial charge in [-0.1, -0.05) is 24.6 Å². The molecule has 2 nitrogen and oxygen atoms in total. The average molecular weight is 177 g/mol. The smallest absolute Gasteiger partial charge is 0.120 e. The highest BCUT2D eigenvalue weighted by atomic mass is 16.3. The van der Waals surface area contributed by atoms with Crippen molar-refractivity contribution in [2.45, 2.75) is 25.3 Å². The second-order valence-corrected chi connectivity index (χ2v) is 3.78. The number of para-hydroxylation sites is 1. The van der Waals surface area contributed by atoms with Crippen molar-refractivity contribution in [1.82, 2.24) is 0 Å². The first-order chi connectivity index (χ1) is 6.29. The molecule has 1 aliphatic carbocycles. The molecule has 0 spiro atoms. The Morgan fingerprint density at radius 1 is 1.31 bits per heavy atom. The Morgan fingerprint density at radius 2 is 2.00 bits per heavy atom. The van der Waals surface area contributed by atoms with Gasteiger partial charge in [-0.2, -0.15) is 0 Å². The first-order valence-electron chi connectivity index (χ1n) is 4.82. The molecule has 1 saturated carbocycles. The van der Waals surface area contributed by atoms with Gasteiger partial charge >= 0.3 is 0 Å². The maximum atomic E-state index is 9.57. The first-order valence-corrected chi connectivity index (χ1v) is 4.82. The molecule has 1 aromatic rings. The summed E-state index contributed by atoms with van der Waals surface area (Å²) in [5, 5.41) is 9.57. The van der Waals surface area contributed by atoms with E-state index in [1.165, 1.54) is 19.3 Å². The van der Waals surface area contributed by atoms with E-state index in [1.807, 2.05) is 18.2 Å². The summed E-state index contributed by atoms with van der Waals surface area (Å²) < 4.78 is 0. The van der Waals surface area contributed by atoms with Crippen LogP contribution in [0.1, 0.15) is 30.9 Å². The Hall–Kier alpha value is -1.02. The Bertz CT molecular complexity index is 294. The monoisotopic (exact) mass is 177 g/mol. The summed E-state index contributed by atoms with van der Waals surface area (Å²) in [7, 11) is 0. The zero-order valence-corrected chi connectivity index (χ0v) is 7.61. The predicted molar refractivity (Wildman–Crippen MR) is 52.4 cm³/mol. The van der Waals surface area contributed by atoms with Gasteiger partial charge < -0.3 is 10.8 Å². The second-order valence-electron chi connectivity index (χ2n) is 3.78. The molecule has 0 amide bonds. The fourth-order valence-electron chi connectivity index (χ4n) is 1.82. The van der Waals surface area contributed by atoms with E-state index >= 15 is 0 Å². The number of phenols is 1. The lowest BCUT2D eigenvalue weighted by molar-refractivity contribution is 0.260. The van der Waals surface area contributed by atoms with Crippen LogP contribution >= 0.6 is 0 Å². The van der Waals surface area contributed by atoms with Crippen LogP contribution < -0.4 is 5.73 Å². The number of hydrogen-bond donors (Lipinski definition) is 2. The first kappa shape index (κ1) is 8.57. The highest BCUT2D eigenvalue weighted by molar-refractivity contribution is 5.34. The number of aromatic hydroxyl groups is 1. The van der Waals surface area contributed by atoms with E-state index in [0.717, 1.165) is 5.56 Å². The number of rotatable bonds is 2. The van der Waals surface area contributed by atoms with Crippen molar-refractivity contribution < 1.29 is 5.11 Å². The van der Waals surface area contributed by atoms with E-state index in [0.29, 0.717) is 11.7 Å². The molecule has 0 saturated heterocycles. The number of nitrogens with two attached hydrogens (primary N) is 1. The molecule has 0 heterocycles. The third-order valence-electron chi connectivity index (χ3n) is 2.95. The molecule has 0 aliphatic heterocycles. The largest absolute Gasteiger partial charge is 0.508 e. The van der Waals surface area contributed by atoms with Gasteiger partial charge in [-0.05, 0) is 24.8 Å². The highest BCUT2D eigenvalue weighted by Gasteiger charge is 2.26. The van der Waals surface area contributed by atoms with Gasteiger partial charge in [0.25, 0.3) is 0 Å². The van der Waals surface area contributed by atoms with E-state index in [9.17, 15) is 5.11 Å². The van der Waals surface area contributed by atoms with Crippen molar-refractivity contribution in [2.75, 3.05) is 0 Å². The molecule has 1 fully saturated rings. The Kier molecular flexibility index (Phi) is 2.23. The van der Waals surface area contributed by atoms with Crippen molar-refractivity contribution in [2.24, 2.45) is 11.7 Å². The molecule has 0 unspecified atom stereocenters. The van der Waals surface area contributed by atoms with Crippen molar-refractivity contribution in [3.8, 4) is 5.75 Å². The molecule has 1 aliphatic rings. The molecule has 13 heavy (non-hydrogen) atoms. The van der Waals surface area contributed by atoms with Crippen LogP contribution in [0, 0.1) is 5.92 Å². The van der Waals surface area contributed by atoms with Gasteiger partial charge in [0.15, 0.2) is 0 Å². The SMILES string of the molecule is N[C@@H](c1ccccc1O)C1CCC1. The minimum Gasteiger partial charge on any atom is -0.508 e. The fourth-order valence-corrected chi connectivity index (χ4v) is 1.82. The van der Waals surface area contributed by atoms with E-state index in [1.54, 1.807) is 6.07 Å². The summed E-state index contributed by atoms with van der Waals surface area (Å²) in [6.45, 7) is 0. The lowest BCUT2D eigenvalue weighted by Gasteiger charge is -2.31. The zero-order chi connectivity index (χ0) is 9.26. The van der Waals surface area contributed by atoms with Crippen LogP contribution in [0.25, 0.3) is 0 Å². The zero-order valence-electron chi connectivity index (χ0n) is 7.61. The molecule has 1 aromatic carbocycles. The summed E-state index contributed by atoms with van der Waals surface area (Å²) in [5.74, 6) is 0.912. The predicted octanol–water partition coefficient (Wildman–Crippen LogP) is 2.19. The van der Waals surface area contributed by atoms with Gasteiger partial charge in [0, 0.05) is 11.6 Å². The molecular formula is C11H15NO. The number of hydrogen-bond acceptors (Lipinski definition) is 2. The van der Waals surface area contributed by atoms with Gasteiger partial charge in [0.2, 0.25) is 0 Å². The standard InChI is InChI=1S/C11H15NO/c12-11(8-4-3-5-8)9-6-1-2-7-10(9)13/h1-2,6-8,11,13H,3-5,12H2/t11-/m1/s1.